The van der Waals surface area contributed by atoms with Gasteiger partial charge in [-0.2, -0.15) is 0 Å². The summed E-state index contributed by atoms with van der Waals surface area (Å²) >= 11 is 0. The Morgan fingerprint density at radius 3 is 2.68 bits per heavy atom. The van der Waals surface area contributed by atoms with Crippen LogP contribution in [-0.2, 0) is 0 Å². The molecule has 2 heterocycles. The number of aryl methyl sites for hydroxylation is 3. The fourth-order valence-electron chi connectivity index (χ4n) is 2.28. The molecule has 3 aromatic rings. The molecule has 0 spiro atoms. The number of rotatable bonds is 1. The molecule has 19 heavy (non-hydrogen) atoms. The van der Waals surface area contributed by atoms with Crippen molar-refractivity contribution >= 4 is 11.5 Å². The number of fused-ring (bicyclic) bond motifs is 1. The summed E-state index contributed by atoms with van der Waals surface area (Å²) in [7, 11) is 0. The van der Waals surface area contributed by atoms with Crippen molar-refractivity contribution in [2.24, 2.45) is 0 Å². The number of hydrogen-bond donors (Lipinski definition) is 1. The number of anilines is 1. The minimum Gasteiger partial charge on any atom is -0.398 e. The van der Waals surface area contributed by atoms with Gasteiger partial charge in [-0.1, -0.05) is 12.1 Å². The van der Waals surface area contributed by atoms with E-state index in [0.29, 0.717) is 5.78 Å². The Morgan fingerprint density at radius 2 is 1.89 bits per heavy atom. The molecule has 5 nitrogen and oxygen atoms in total. The second kappa shape index (κ2) is 4.05. The molecule has 0 radical (unpaired) electrons. The molecular formula is C14H15N5. The second-order valence-electron chi connectivity index (χ2n) is 4.73. The van der Waals surface area contributed by atoms with Gasteiger partial charge in [0.25, 0.3) is 5.78 Å². The van der Waals surface area contributed by atoms with Crippen LogP contribution < -0.4 is 5.73 Å². The lowest BCUT2D eigenvalue weighted by molar-refractivity contribution is 1.02. The maximum absolute atomic E-state index is 6.14. The molecule has 0 aliphatic carbocycles. The summed E-state index contributed by atoms with van der Waals surface area (Å²) in [6, 6.07) is 7.92. The molecule has 0 amide bonds. The normalized spacial score (nSPS) is 11.1. The molecule has 0 fully saturated rings. The summed E-state index contributed by atoms with van der Waals surface area (Å²) in [5.41, 5.74) is 10.8. The highest BCUT2D eigenvalue weighted by Crippen LogP contribution is 2.27. The highest BCUT2D eigenvalue weighted by Gasteiger charge is 2.14. The van der Waals surface area contributed by atoms with Gasteiger partial charge in [0.15, 0.2) is 5.82 Å². The van der Waals surface area contributed by atoms with Crippen LogP contribution in [0.15, 0.2) is 24.3 Å². The van der Waals surface area contributed by atoms with Crippen LogP contribution in [0.3, 0.4) is 0 Å². The fraction of sp³-hybridized carbons (Fsp3) is 0.214. The standard InChI is InChI=1S/C14H15N5/c1-8-5-4-6-11(12(8)15)13-17-18-14-16-9(2)7-10(3)19(13)14/h4-7H,15H2,1-3H3. The lowest BCUT2D eigenvalue weighted by atomic mass is 10.1. The van der Waals surface area contributed by atoms with Crippen molar-refractivity contribution < 1.29 is 0 Å². The lowest BCUT2D eigenvalue weighted by Gasteiger charge is -2.08. The van der Waals surface area contributed by atoms with E-state index in [0.717, 1.165) is 34.0 Å². The van der Waals surface area contributed by atoms with E-state index in [1.54, 1.807) is 0 Å². The molecule has 0 saturated heterocycles. The van der Waals surface area contributed by atoms with Gasteiger partial charge in [-0.15, -0.1) is 10.2 Å². The van der Waals surface area contributed by atoms with Crippen molar-refractivity contribution in [2.75, 3.05) is 5.73 Å². The Kier molecular flexibility index (Phi) is 2.48. The molecule has 0 atom stereocenters. The molecule has 0 aliphatic heterocycles. The average Bonchev–Trinajstić information content (AvgIpc) is 2.76. The number of benzene rings is 1. The van der Waals surface area contributed by atoms with Crippen LogP contribution in [0.25, 0.3) is 17.2 Å². The van der Waals surface area contributed by atoms with E-state index in [4.69, 9.17) is 5.73 Å². The SMILES string of the molecule is Cc1cc(C)n2c(-c3cccc(C)c3N)nnc2n1. The molecule has 0 saturated carbocycles. The van der Waals surface area contributed by atoms with Gasteiger partial charge in [-0.05, 0) is 38.5 Å². The molecular weight excluding hydrogens is 238 g/mol. The maximum Gasteiger partial charge on any atom is 0.255 e. The van der Waals surface area contributed by atoms with Crippen LogP contribution in [0, 0.1) is 20.8 Å². The summed E-state index contributed by atoms with van der Waals surface area (Å²) in [4.78, 5) is 4.38. The van der Waals surface area contributed by atoms with Gasteiger partial charge in [0.2, 0.25) is 0 Å². The van der Waals surface area contributed by atoms with Crippen LogP contribution in [0.2, 0.25) is 0 Å². The molecule has 0 bridgehead atoms. The van der Waals surface area contributed by atoms with Crippen molar-refractivity contribution in [1.82, 2.24) is 19.6 Å². The minimum absolute atomic E-state index is 0.605. The molecule has 2 aromatic heterocycles. The topological polar surface area (TPSA) is 69.1 Å². The molecule has 1 aromatic carbocycles. The predicted molar refractivity (Wildman–Crippen MR) is 74.8 cm³/mol. The van der Waals surface area contributed by atoms with E-state index in [1.807, 2.05) is 49.4 Å². The molecule has 0 aliphatic rings. The smallest absolute Gasteiger partial charge is 0.255 e. The Bertz CT molecular complexity index is 773. The molecule has 0 unspecified atom stereocenters. The first-order chi connectivity index (χ1) is 9.08. The Hall–Kier alpha value is -2.43. The van der Waals surface area contributed by atoms with E-state index in [1.165, 1.54) is 0 Å². The third-order valence-electron chi connectivity index (χ3n) is 3.26. The number of nitrogens with two attached hydrogens (primary N) is 1. The Morgan fingerprint density at radius 1 is 1.11 bits per heavy atom. The van der Waals surface area contributed by atoms with E-state index < -0.39 is 0 Å². The van der Waals surface area contributed by atoms with Gasteiger partial charge in [-0.3, -0.25) is 4.40 Å². The Labute approximate surface area is 111 Å². The van der Waals surface area contributed by atoms with Crippen LogP contribution in [-0.4, -0.2) is 19.6 Å². The lowest BCUT2D eigenvalue weighted by Crippen LogP contribution is -2.01. The van der Waals surface area contributed by atoms with Gasteiger partial charge >= 0.3 is 0 Å². The number of nitrogens with zero attached hydrogens (tertiary/aromatic N) is 4. The molecule has 5 heteroatoms. The van der Waals surface area contributed by atoms with Gasteiger partial charge in [0.05, 0.1) is 0 Å². The zero-order valence-electron chi connectivity index (χ0n) is 11.2. The summed E-state index contributed by atoms with van der Waals surface area (Å²) in [5, 5.41) is 8.37. The van der Waals surface area contributed by atoms with Crippen molar-refractivity contribution in [3.05, 3.63) is 41.2 Å². The number of para-hydroxylation sites is 1. The van der Waals surface area contributed by atoms with E-state index in [9.17, 15) is 0 Å². The number of hydrogen-bond acceptors (Lipinski definition) is 4. The van der Waals surface area contributed by atoms with E-state index in [2.05, 4.69) is 15.2 Å². The third-order valence-corrected chi connectivity index (χ3v) is 3.26. The summed E-state index contributed by atoms with van der Waals surface area (Å²) < 4.78 is 1.93. The number of nitrogen functional groups attached to an aromatic ring is 1. The molecule has 96 valence electrons. The van der Waals surface area contributed by atoms with Crippen LogP contribution in [0.4, 0.5) is 5.69 Å². The van der Waals surface area contributed by atoms with Gasteiger partial charge in [-0.25, -0.2) is 4.98 Å². The fourth-order valence-corrected chi connectivity index (χ4v) is 2.28. The zero-order chi connectivity index (χ0) is 13.6. The van der Waals surface area contributed by atoms with Gasteiger partial charge in [0.1, 0.15) is 0 Å². The minimum atomic E-state index is 0.605. The quantitative estimate of drug-likeness (QED) is 0.676. The van der Waals surface area contributed by atoms with Crippen molar-refractivity contribution in [3.8, 4) is 11.4 Å². The first-order valence-corrected chi connectivity index (χ1v) is 6.13. The summed E-state index contributed by atoms with van der Waals surface area (Å²) in [6.07, 6.45) is 0. The highest BCUT2D eigenvalue weighted by atomic mass is 15.3. The molecule has 3 rings (SSSR count). The summed E-state index contributed by atoms with van der Waals surface area (Å²) in [6.45, 7) is 5.94. The highest BCUT2D eigenvalue weighted by molar-refractivity contribution is 5.75. The number of aromatic nitrogens is 4. The van der Waals surface area contributed by atoms with E-state index >= 15 is 0 Å². The third kappa shape index (κ3) is 1.74. The summed E-state index contributed by atoms with van der Waals surface area (Å²) in [5.74, 6) is 1.34. The van der Waals surface area contributed by atoms with Crippen molar-refractivity contribution in [2.45, 2.75) is 20.8 Å². The zero-order valence-corrected chi connectivity index (χ0v) is 11.2. The first kappa shape index (κ1) is 11.6. The maximum atomic E-state index is 6.14. The average molecular weight is 253 g/mol. The monoisotopic (exact) mass is 253 g/mol. The van der Waals surface area contributed by atoms with E-state index in [-0.39, 0.29) is 0 Å². The van der Waals surface area contributed by atoms with Crippen LogP contribution >= 0.6 is 0 Å². The molecule has 2 N–H and O–H groups in total. The predicted octanol–water partition coefficient (Wildman–Crippen LogP) is 2.30. The largest absolute Gasteiger partial charge is 0.398 e. The van der Waals surface area contributed by atoms with Gasteiger partial charge in [0, 0.05) is 22.6 Å². The van der Waals surface area contributed by atoms with Crippen LogP contribution in [0.5, 0.6) is 0 Å². The van der Waals surface area contributed by atoms with Crippen molar-refractivity contribution in [3.63, 3.8) is 0 Å². The van der Waals surface area contributed by atoms with Gasteiger partial charge < -0.3 is 5.73 Å². The van der Waals surface area contributed by atoms with Crippen LogP contribution in [0.1, 0.15) is 17.0 Å². The first-order valence-electron chi connectivity index (χ1n) is 6.13. The second-order valence-corrected chi connectivity index (χ2v) is 4.73. The Balaban J connectivity index is 2.35. The van der Waals surface area contributed by atoms with Crippen molar-refractivity contribution in [1.29, 1.82) is 0 Å².